The third kappa shape index (κ3) is 17.5. The number of rotatable bonds is 26. The number of hydrogen-bond donors (Lipinski definition) is 2. The zero-order valence-electron chi connectivity index (χ0n) is 64.6. The summed E-state index contributed by atoms with van der Waals surface area (Å²) in [6.07, 6.45) is 0. The van der Waals surface area contributed by atoms with Crippen molar-refractivity contribution in [3.63, 3.8) is 0 Å². The van der Waals surface area contributed by atoms with Gasteiger partial charge in [-0.05, 0) is 100 Å². The molecule has 7 bridgehead atoms. The number of hydrogen-bond acceptors (Lipinski definition) is 24. The van der Waals surface area contributed by atoms with Gasteiger partial charge in [-0.2, -0.15) is 0 Å². The average Bonchev–Trinajstić information content (AvgIpc) is 1.45. The predicted molar refractivity (Wildman–Crippen MR) is 452 cm³/mol. The predicted octanol–water partition coefficient (Wildman–Crippen LogP) is 7.68. The molecule has 6 aliphatic rings. The normalized spacial score (nSPS) is 32.3. The molecule has 14 rings (SSSR count). The molecule has 6 heterocycles. The summed E-state index contributed by atoms with van der Waals surface area (Å²) in [6.45, 7) is 30.1. The Kier molecular flexibility index (Phi) is 23.6. The second-order valence-electron chi connectivity index (χ2n) is 31.1. The molecule has 110 heavy (non-hydrogen) atoms. The molecule has 2 N–H and O–H groups in total. The van der Waals surface area contributed by atoms with Gasteiger partial charge in [0.2, 0.25) is 5.03 Å². The summed E-state index contributed by atoms with van der Waals surface area (Å²) in [6, 6.07) is 77.5. The van der Waals surface area contributed by atoms with Gasteiger partial charge in [0.15, 0.2) is 22.5 Å². The van der Waals surface area contributed by atoms with Gasteiger partial charge in [-0.1, -0.05) is 243 Å². The maximum atomic E-state index is 12.0. The molecular weight excluding hydrogens is 1710 g/mol. The fourth-order valence-electron chi connectivity index (χ4n) is 15.0. The van der Waals surface area contributed by atoms with Crippen LogP contribution >= 0.6 is 0 Å². The largest absolute Gasteiger partial charge is 0.523 e. The average molecular weight is 1800 g/mol. The fraction of sp³-hybridized carbons (Fsp3) is 0.294. The minimum atomic E-state index is -5.35. The molecule has 15 atom stereocenters. The molecule has 0 amide bonds. The van der Waals surface area contributed by atoms with E-state index in [-0.39, 0.29) is 12.1 Å². The van der Waals surface area contributed by atoms with Crippen LogP contribution in [-0.2, 0) is 104 Å². The van der Waals surface area contributed by atoms with Crippen molar-refractivity contribution in [1.29, 1.82) is 0 Å². The number of benzene rings is 8. The van der Waals surface area contributed by atoms with E-state index in [0.717, 1.165) is 11.1 Å². The lowest BCUT2D eigenvalue weighted by Gasteiger charge is -2.60. The molecule has 6 aliphatic heterocycles. The Hall–Kier alpha value is -3.30. The topological polar surface area (TPSA) is 244 Å². The summed E-state index contributed by atoms with van der Waals surface area (Å²) < 4.78 is 176. The Morgan fingerprint density at radius 1 is 0.391 bits per heavy atom. The second kappa shape index (κ2) is 31.2. The first-order valence-corrected chi connectivity index (χ1v) is 76.5. The van der Waals surface area contributed by atoms with E-state index >= 15 is 0 Å². The second-order valence-corrected chi connectivity index (χ2v) is 86.3. The van der Waals surface area contributed by atoms with Crippen molar-refractivity contribution in [3.05, 3.63) is 254 Å². The zero-order chi connectivity index (χ0) is 78.2. The fourth-order valence-corrected chi connectivity index (χ4v) is 101. The van der Waals surface area contributed by atoms with E-state index in [2.05, 4.69) is 0 Å². The van der Waals surface area contributed by atoms with Gasteiger partial charge in [0, 0.05) is 59.0 Å². The molecule has 6 saturated heterocycles. The van der Waals surface area contributed by atoms with E-state index in [1.807, 2.05) is 328 Å². The minimum Gasteiger partial charge on any atom is -0.418 e. The molecule has 15 unspecified atom stereocenters. The first kappa shape index (κ1) is 83.2. The van der Waals surface area contributed by atoms with Gasteiger partial charge in [0.1, 0.15) is 0 Å². The van der Waals surface area contributed by atoms with Crippen LogP contribution < -0.4 is 31.1 Å². The van der Waals surface area contributed by atoms with Crippen molar-refractivity contribution < 1.29 is 101 Å². The van der Waals surface area contributed by atoms with Gasteiger partial charge in [0.25, 0.3) is 0 Å². The summed E-state index contributed by atoms with van der Waals surface area (Å²) in [5.41, 5.74) is 1.57. The molecule has 42 heteroatoms. The highest BCUT2D eigenvalue weighted by molar-refractivity contribution is 7.14. The summed E-state index contributed by atoms with van der Waals surface area (Å²) in [5.74, 6) is -1.68. The van der Waals surface area contributed by atoms with Crippen LogP contribution in [0.5, 0.6) is 0 Å². The molecule has 8 aromatic carbocycles. The molecule has 1 spiro atoms. The Morgan fingerprint density at radius 3 is 1.20 bits per heavy atom. The summed E-state index contributed by atoms with van der Waals surface area (Å²) in [4.78, 5) is 23.9. The first-order valence-electron chi connectivity index (χ1n) is 36.8. The van der Waals surface area contributed by atoms with Crippen LogP contribution in [0, 0.1) is 0 Å². The van der Waals surface area contributed by atoms with Gasteiger partial charge in [-0.25, -0.2) is 0 Å². The van der Waals surface area contributed by atoms with Gasteiger partial charge in [0.05, 0.1) is 0 Å². The molecule has 0 aliphatic carbocycles. The molecule has 1 radical (unpaired) electrons. The van der Waals surface area contributed by atoms with Gasteiger partial charge in [-0.3, -0.25) is 0 Å². The third-order valence-corrected chi connectivity index (χ3v) is 86.6. The van der Waals surface area contributed by atoms with E-state index in [9.17, 15) is 9.59 Å². The van der Waals surface area contributed by atoms with Crippen molar-refractivity contribution in [2.24, 2.45) is 0 Å². The minimum absolute atomic E-state index is 0.0905. The van der Waals surface area contributed by atoms with Crippen molar-refractivity contribution >= 4 is 189 Å². The van der Waals surface area contributed by atoms with Crippen LogP contribution in [-0.4, -0.2) is 178 Å². The third-order valence-electron chi connectivity index (χ3n) is 18.1. The maximum Gasteiger partial charge on any atom is 0.523 e. The van der Waals surface area contributed by atoms with Crippen LogP contribution in [0.25, 0.3) is 0 Å². The van der Waals surface area contributed by atoms with E-state index in [1.165, 1.54) is 0 Å². The molecule has 24 nitrogen and oxygen atoms in total. The van der Waals surface area contributed by atoms with Crippen LogP contribution in [0.15, 0.2) is 243 Å². The smallest absolute Gasteiger partial charge is 0.418 e. The van der Waals surface area contributed by atoms with Crippen molar-refractivity contribution in [2.45, 2.75) is 128 Å². The van der Waals surface area contributed by atoms with Crippen molar-refractivity contribution in [3.8, 4) is 0 Å². The zero-order valence-corrected chi connectivity index (χ0v) is 82.9. The van der Waals surface area contributed by atoms with E-state index in [4.69, 9.17) is 91.8 Å². The van der Waals surface area contributed by atoms with E-state index in [1.54, 1.807) is 19.6 Å². The maximum absolute atomic E-state index is 12.0. The Labute approximate surface area is 666 Å². The Balaban J connectivity index is 1.14. The van der Waals surface area contributed by atoms with Crippen LogP contribution in [0.1, 0.15) is 11.1 Å². The highest BCUT2D eigenvalue weighted by Crippen LogP contribution is 2.58. The summed E-state index contributed by atoms with van der Waals surface area (Å²) in [5, 5.41) is 0.495. The number of fused-ring (bicyclic) bond motifs is 6. The highest BCUT2D eigenvalue weighted by atomic mass is 28.6. The van der Waals surface area contributed by atoms with Crippen LogP contribution in [0.3, 0.4) is 0 Å². The monoisotopic (exact) mass is 1800 g/mol. The van der Waals surface area contributed by atoms with Gasteiger partial charge >= 0.3 is 141 Å². The highest BCUT2D eigenvalue weighted by Gasteiger charge is 2.94. The molecule has 585 valence electrons. The quantitative estimate of drug-likeness (QED) is 0.0494. The van der Waals surface area contributed by atoms with Crippen molar-refractivity contribution in [1.82, 2.24) is 0 Å². The Bertz CT molecular complexity index is 4430. The molecule has 6 fully saturated rings. The lowest BCUT2D eigenvalue weighted by atomic mass is 10.2. The van der Waals surface area contributed by atoms with Crippen molar-refractivity contribution in [2.75, 3.05) is 0 Å². The SMILES string of the molecule is C[SiH](O[Si](C)(C)O[Si]1(C)O[Si]2(c3ccccc3)O[Si](Cc3ccccc3)OC34O[Si](c5ccccc5)(O1)O[Si]3(c1ccccc1)O[Si]1(c3ccccc3)O[Si](C)(O[Si](C)(C)O[SiH](C)O[Si](C)(O)O[Si](C)(C)C)O[Si]3(c5ccccc5)OC(O[Si]4(Cc4ccccc4)O1)[Si](c1ccccc1)(O3)O2)O[Si](C)(O)O[Si](C)(C)C. The first-order chi connectivity index (χ1) is 51.8. The lowest BCUT2D eigenvalue weighted by Crippen LogP contribution is -2.93. The van der Waals surface area contributed by atoms with E-state index < -0.39 is 169 Å². The van der Waals surface area contributed by atoms with E-state index in [0.29, 0.717) is 31.1 Å². The molecule has 8 aromatic rings. The summed E-state index contributed by atoms with van der Waals surface area (Å²) in [7, 11) is -75.3. The van der Waals surface area contributed by atoms with Crippen LogP contribution in [0.4, 0.5) is 0 Å². The lowest BCUT2D eigenvalue weighted by molar-refractivity contribution is -0.0956. The summed E-state index contributed by atoms with van der Waals surface area (Å²) >= 11 is 0. The van der Waals surface area contributed by atoms with Crippen LogP contribution in [0.2, 0.25) is 105 Å². The molecule has 0 aromatic heterocycles. The van der Waals surface area contributed by atoms with Gasteiger partial charge in [-0.15, -0.1) is 0 Å². The molecular formula is C68H97O24Si18. The molecule has 0 saturated carbocycles. The Morgan fingerprint density at radius 2 is 0.745 bits per heavy atom. The standard InChI is InChI=1S/C68H97O24Si18/c1-93(77-100(13,69)80-96(3,4)5)75-98(9,10)82-102(15)84-107(63-49-33-21-34-50-63)72-67-71-104(58-60-43-27-18-28-44-60)68-73-95(57-59-41-25-17-26-42-59)79-109(65-53-37-23-38-54-65,90-105(67,89-107)61-45-29-19-30-46-61)86-103(16,83-99(11,12)76-94(2)78-101(14,70)81-97(6,7)8)85-108(74-68,64-51-35-22-36-52-64)91-106(68,62-47-31-20-32-48-62)92-110(87-102,88-104)66-55-39-24-40-56-66/h17-56,67,69-70,93-94H,57-58H2,1-16H3. The van der Waals surface area contributed by atoms with Gasteiger partial charge < -0.3 is 101 Å².